The molecule has 1 fully saturated rings. The first-order chi connectivity index (χ1) is 7.27. The van der Waals surface area contributed by atoms with E-state index in [9.17, 15) is 4.79 Å². The smallest absolute Gasteiger partial charge is 0.225 e. The Morgan fingerprint density at radius 3 is 3.13 bits per heavy atom. The molecule has 1 heterocycles. The van der Waals surface area contributed by atoms with E-state index >= 15 is 0 Å². The molecule has 0 aromatic heterocycles. The molecule has 0 spiro atoms. The molecule has 0 aromatic carbocycles. The number of carbonyl (C=O) groups excluding carboxylic acids is 1. The summed E-state index contributed by atoms with van der Waals surface area (Å²) in [6.45, 7) is 3.29. The number of amides is 1. The Kier molecular flexibility index (Phi) is 5.60. The van der Waals surface area contributed by atoms with Gasteiger partial charge in [-0.3, -0.25) is 4.79 Å². The van der Waals surface area contributed by atoms with E-state index in [1.165, 1.54) is 0 Å². The molecule has 1 unspecified atom stereocenters. The summed E-state index contributed by atoms with van der Waals surface area (Å²) < 4.78 is 10.4. The molecule has 0 bridgehead atoms. The molecule has 5 heteroatoms. The first-order valence-corrected chi connectivity index (χ1v) is 5.31. The van der Waals surface area contributed by atoms with Gasteiger partial charge >= 0.3 is 0 Å². The predicted octanol–water partition coefficient (Wildman–Crippen LogP) is -0.530. The van der Waals surface area contributed by atoms with Crippen LogP contribution < -0.4 is 5.32 Å². The number of rotatable bonds is 5. The molecule has 15 heavy (non-hydrogen) atoms. The van der Waals surface area contributed by atoms with Crippen LogP contribution >= 0.6 is 0 Å². The number of nitrogens with one attached hydrogen (secondary N) is 1. The standard InChI is InChI=1S/C10H20N2O3/c1-11-7-9-8-12(4-6-15-9)10(13)3-5-14-2/h9,11H,3-8H2,1-2H3. The van der Waals surface area contributed by atoms with Crippen molar-refractivity contribution in [3.8, 4) is 0 Å². The number of likely N-dealkylation sites (N-methyl/N-ethyl adjacent to an activating group) is 1. The van der Waals surface area contributed by atoms with E-state index < -0.39 is 0 Å². The lowest BCUT2D eigenvalue weighted by molar-refractivity contribution is -0.139. The summed E-state index contributed by atoms with van der Waals surface area (Å²) in [6, 6.07) is 0. The lowest BCUT2D eigenvalue weighted by Gasteiger charge is -2.32. The molecule has 88 valence electrons. The molecular weight excluding hydrogens is 196 g/mol. The number of ether oxygens (including phenoxy) is 2. The molecule has 5 nitrogen and oxygen atoms in total. The Morgan fingerprint density at radius 2 is 2.47 bits per heavy atom. The van der Waals surface area contributed by atoms with E-state index in [1.807, 2.05) is 11.9 Å². The second-order valence-corrected chi connectivity index (χ2v) is 3.63. The van der Waals surface area contributed by atoms with Crippen LogP contribution in [0.3, 0.4) is 0 Å². The van der Waals surface area contributed by atoms with Crippen LogP contribution in [0.5, 0.6) is 0 Å². The minimum absolute atomic E-state index is 0.121. The zero-order valence-corrected chi connectivity index (χ0v) is 9.49. The molecule has 1 amide bonds. The van der Waals surface area contributed by atoms with Crippen LogP contribution in [0.25, 0.3) is 0 Å². The Bertz CT molecular complexity index is 197. The van der Waals surface area contributed by atoms with Gasteiger partial charge in [0, 0.05) is 26.7 Å². The fraction of sp³-hybridized carbons (Fsp3) is 0.900. The molecule has 1 rings (SSSR count). The van der Waals surface area contributed by atoms with Crippen LogP contribution in [-0.4, -0.2) is 63.9 Å². The Morgan fingerprint density at radius 1 is 1.67 bits per heavy atom. The van der Waals surface area contributed by atoms with Crippen LogP contribution in [0.4, 0.5) is 0 Å². The first kappa shape index (κ1) is 12.4. The van der Waals surface area contributed by atoms with Crippen molar-refractivity contribution in [1.29, 1.82) is 0 Å². The topological polar surface area (TPSA) is 50.8 Å². The van der Waals surface area contributed by atoms with Crippen LogP contribution in [0.15, 0.2) is 0 Å². The van der Waals surface area contributed by atoms with Crippen LogP contribution in [-0.2, 0) is 14.3 Å². The first-order valence-electron chi connectivity index (χ1n) is 5.31. The summed E-state index contributed by atoms with van der Waals surface area (Å²) in [5.74, 6) is 0.154. The molecule has 1 saturated heterocycles. The summed E-state index contributed by atoms with van der Waals surface area (Å²) in [5, 5.41) is 3.05. The Balaban J connectivity index is 2.31. The van der Waals surface area contributed by atoms with Crippen molar-refractivity contribution < 1.29 is 14.3 Å². The van der Waals surface area contributed by atoms with Gasteiger partial charge in [0.1, 0.15) is 0 Å². The highest BCUT2D eigenvalue weighted by Crippen LogP contribution is 2.06. The fourth-order valence-corrected chi connectivity index (χ4v) is 1.64. The monoisotopic (exact) mass is 216 g/mol. The molecule has 0 saturated carbocycles. The second-order valence-electron chi connectivity index (χ2n) is 3.63. The molecule has 1 N–H and O–H groups in total. The van der Waals surface area contributed by atoms with Crippen LogP contribution in [0.2, 0.25) is 0 Å². The fourth-order valence-electron chi connectivity index (χ4n) is 1.64. The van der Waals surface area contributed by atoms with Crippen molar-refractivity contribution in [2.75, 3.05) is 47.0 Å². The maximum Gasteiger partial charge on any atom is 0.225 e. The van der Waals surface area contributed by atoms with E-state index in [2.05, 4.69) is 5.32 Å². The van der Waals surface area contributed by atoms with Crippen molar-refractivity contribution in [1.82, 2.24) is 10.2 Å². The highest BCUT2D eigenvalue weighted by molar-refractivity contribution is 5.76. The zero-order chi connectivity index (χ0) is 11.1. The lowest BCUT2D eigenvalue weighted by Crippen LogP contribution is -2.48. The summed E-state index contributed by atoms with van der Waals surface area (Å²) in [6.07, 6.45) is 0.582. The van der Waals surface area contributed by atoms with E-state index in [-0.39, 0.29) is 12.0 Å². The Hall–Kier alpha value is -0.650. The van der Waals surface area contributed by atoms with E-state index in [4.69, 9.17) is 9.47 Å². The van der Waals surface area contributed by atoms with Gasteiger partial charge in [0.2, 0.25) is 5.91 Å². The van der Waals surface area contributed by atoms with Crippen LogP contribution in [0, 0.1) is 0 Å². The average molecular weight is 216 g/mol. The average Bonchev–Trinajstić information content (AvgIpc) is 2.27. The van der Waals surface area contributed by atoms with Gasteiger partial charge in [-0.05, 0) is 7.05 Å². The predicted molar refractivity (Wildman–Crippen MR) is 56.7 cm³/mol. The maximum atomic E-state index is 11.7. The molecule has 0 aromatic rings. The van der Waals surface area contributed by atoms with Crippen molar-refractivity contribution in [2.45, 2.75) is 12.5 Å². The van der Waals surface area contributed by atoms with E-state index in [0.717, 1.165) is 6.54 Å². The van der Waals surface area contributed by atoms with Gasteiger partial charge in [-0.15, -0.1) is 0 Å². The largest absolute Gasteiger partial charge is 0.384 e. The van der Waals surface area contributed by atoms with Crippen molar-refractivity contribution in [3.63, 3.8) is 0 Å². The van der Waals surface area contributed by atoms with Gasteiger partial charge < -0.3 is 19.7 Å². The summed E-state index contributed by atoms with van der Waals surface area (Å²) >= 11 is 0. The normalized spacial score (nSPS) is 21.7. The van der Waals surface area contributed by atoms with Gasteiger partial charge in [0.05, 0.1) is 25.7 Å². The summed E-state index contributed by atoms with van der Waals surface area (Å²) in [4.78, 5) is 13.5. The number of hydrogen-bond donors (Lipinski definition) is 1. The van der Waals surface area contributed by atoms with Crippen molar-refractivity contribution in [3.05, 3.63) is 0 Å². The minimum Gasteiger partial charge on any atom is -0.384 e. The Labute approximate surface area is 90.7 Å². The van der Waals surface area contributed by atoms with Gasteiger partial charge in [-0.2, -0.15) is 0 Å². The third kappa shape index (κ3) is 4.15. The SMILES string of the molecule is CNCC1CN(C(=O)CCOC)CCO1. The number of carbonyl (C=O) groups is 1. The number of morpholine rings is 1. The highest BCUT2D eigenvalue weighted by atomic mass is 16.5. The quantitative estimate of drug-likeness (QED) is 0.671. The number of hydrogen-bond acceptors (Lipinski definition) is 4. The van der Waals surface area contributed by atoms with Gasteiger partial charge in [0.15, 0.2) is 0 Å². The lowest BCUT2D eigenvalue weighted by atomic mass is 10.2. The zero-order valence-electron chi connectivity index (χ0n) is 9.49. The van der Waals surface area contributed by atoms with Gasteiger partial charge in [-0.1, -0.05) is 0 Å². The third-order valence-corrected chi connectivity index (χ3v) is 2.44. The number of methoxy groups -OCH3 is 1. The van der Waals surface area contributed by atoms with Gasteiger partial charge in [0.25, 0.3) is 0 Å². The van der Waals surface area contributed by atoms with Crippen molar-refractivity contribution >= 4 is 5.91 Å². The minimum atomic E-state index is 0.121. The van der Waals surface area contributed by atoms with Crippen molar-refractivity contribution in [2.24, 2.45) is 0 Å². The molecule has 0 radical (unpaired) electrons. The third-order valence-electron chi connectivity index (χ3n) is 2.44. The summed E-state index contributed by atoms with van der Waals surface area (Å²) in [7, 11) is 3.49. The summed E-state index contributed by atoms with van der Waals surface area (Å²) in [5.41, 5.74) is 0. The molecule has 0 aliphatic carbocycles. The van der Waals surface area contributed by atoms with E-state index in [0.29, 0.717) is 32.7 Å². The van der Waals surface area contributed by atoms with E-state index in [1.54, 1.807) is 7.11 Å². The van der Waals surface area contributed by atoms with Gasteiger partial charge in [-0.25, -0.2) is 0 Å². The molecular formula is C10H20N2O3. The number of nitrogens with zero attached hydrogens (tertiary/aromatic N) is 1. The molecule has 1 aliphatic rings. The molecule has 1 aliphatic heterocycles. The maximum absolute atomic E-state index is 11.7. The molecule has 1 atom stereocenters. The second kappa shape index (κ2) is 6.76. The van der Waals surface area contributed by atoms with Crippen LogP contribution in [0.1, 0.15) is 6.42 Å². The highest BCUT2D eigenvalue weighted by Gasteiger charge is 2.23.